The molecule has 114 valence electrons. The minimum Gasteiger partial charge on any atom is -0.378 e. The Hall–Kier alpha value is -0.620. The number of nitrogens with one attached hydrogen (secondary N) is 1. The van der Waals surface area contributed by atoms with Crippen LogP contribution in [0.25, 0.3) is 0 Å². The average molecular weight is 301 g/mol. The zero-order chi connectivity index (χ0) is 14.5. The molecule has 1 fully saturated rings. The zero-order valence-electron chi connectivity index (χ0n) is 12.4. The maximum absolute atomic E-state index is 6.44. The number of ether oxygens (including phenoxy) is 1. The number of aryl methyl sites for hydroxylation is 2. The minimum atomic E-state index is 0.169. The van der Waals surface area contributed by atoms with Crippen molar-refractivity contribution in [2.75, 3.05) is 6.61 Å². The maximum Gasteiger partial charge on any atom is 0.0850 e. The van der Waals surface area contributed by atoms with E-state index in [2.05, 4.69) is 24.4 Å². The maximum atomic E-state index is 6.44. The SMILES string of the molecule is CCc1nn(CC)c(CC(CC2CCCO2)NN)c1Cl. The number of hydrogen-bond acceptors (Lipinski definition) is 4. The predicted molar refractivity (Wildman–Crippen MR) is 80.7 cm³/mol. The van der Waals surface area contributed by atoms with Crippen molar-refractivity contribution >= 4 is 11.6 Å². The molecule has 1 aliphatic heterocycles. The standard InChI is InChI=1S/C14H25ClN4O/c1-3-12-14(15)13(19(4-2)18-12)9-10(17-16)8-11-6-5-7-20-11/h10-11,17H,3-9,16H2,1-2H3. The number of hydrogen-bond donors (Lipinski definition) is 2. The first kappa shape index (κ1) is 15.8. The van der Waals surface area contributed by atoms with E-state index >= 15 is 0 Å². The fraction of sp³-hybridized carbons (Fsp3) is 0.786. The van der Waals surface area contributed by atoms with Gasteiger partial charge in [0.2, 0.25) is 0 Å². The van der Waals surface area contributed by atoms with Crippen LogP contribution in [0.2, 0.25) is 5.02 Å². The highest BCUT2D eigenvalue weighted by molar-refractivity contribution is 6.31. The molecule has 1 aromatic rings. The molecule has 0 radical (unpaired) electrons. The molecule has 0 aliphatic carbocycles. The molecule has 0 bridgehead atoms. The van der Waals surface area contributed by atoms with Crippen LogP contribution >= 0.6 is 11.6 Å². The third kappa shape index (κ3) is 3.52. The molecule has 1 aromatic heterocycles. The second-order valence-corrected chi connectivity index (χ2v) is 5.69. The number of nitrogens with two attached hydrogens (primary N) is 1. The van der Waals surface area contributed by atoms with Gasteiger partial charge in [-0.25, -0.2) is 0 Å². The van der Waals surface area contributed by atoms with E-state index in [1.165, 1.54) is 0 Å². The van der Waals surface area contributed by atoms with Gasteiger partial charge in [0.25, 0.3) is 0 Å². The molecule has 2 atom stereocenters. The van der Waals surface area contributed by atoms with Crippen LogP contribution in [0.15, 0.2) is 0 Å². The smallest absolute Gasteiger partial charge is 0.0850 e. The van der Waals surface area contributed by atoms with E-state index in [0.29, 0.717) is 6.10 Å². The van der Waals surface area contributed by atoms with Gasteiger partial charge in [-0.3, -0.25) is 16.0 Å². The summed E-state index contributed by atoms with van der Waals surface area (Å²) >= 11 is 6.44. The molecule has 0 amide bonds. The van der Waals surface area contributed by atoms with Gasteiger partial charge in [0.15, 0.2) is 0 Å². The summed E-state index contributed by atoms with van der Waals surface area (Å²) in [6.07, 6.45) is 5.15. The van der Waals surface area contributed by atoms with Gasteiger partial charge in [-0.05, 0) is 32.6 Å². The lowest BCUT2D eigenvalue weighted by Crippen LogP contribution is -2.39. The van der Waals surface area contributed by atoms with Gasteiger partial charge in [-0.15, -0.1) is 0 Å². The van der Waals surface area contributed by atoms with E-state index in [9.17, 15) is 0 Å². The highest BCUT2D eigenvalue weighted by atomic mass is 35.5. The lowest BCUT2D eigenvalue weighted by molar-refractivity contribution is 0.0944. The van der Waals surface area contributed by atoms with Gasteiger partial charge in [0, 0.05) is 25.6 Å². The summed E-state index contributed by atoms with van der Waals surface area (Å²) in [4.78, 5) is 0. The van der Waals surface area contributed by atoms with E-state index in [4.69, 9.17) is 22.2 Å². The first-order valence-corrected chi connectivity index (χ1v) is 7.89. The van der Waals surface area contributed by atoms with E-state index in [1.54, 1.807) is 0 Å². The van der Waals surface area contributed by atoms with Gasteiger partial charge in [0.1, 0.15) is 0 Å². The average Bonchev–Trinajstić information content (AvgIpc) is 3.07. The fourth-order valence-corrected chi connectivity index (χ4v) is 3.15. The molecule has 1 saturated heterocycles. The number of nitrogens with zero attached hydrogens (tertiary/aromatic N) is 2. The van der Waals surface area contributed by atoms with Crippen LogP contribution in [0.1, 0.15) is 44.5 Å². The molecule has 0 aromatic carbocycles. The Kier molecular flexibility index (Phi) is 5.84. The summed E-state index contributed by atoms with van der Waals surface area (Å²) in [5.41, 5.74) is 4.95. The fourth-order valence-electron chi connectivity index (χ4n) is 2.80. The Morgan fingerprint density at radius 3 is 2.90 bits per heavy atom. The van der Waals surface area contributed by atoms with Gasteiger partial charge in [-0.1, -0.05) is 18.5 Å². The van der Waals surface area contributed by atoms with Crippen LogP contribution < -0.4 is 11.3 Å². The quantitative estimate of drug-likeness (QED) is 0.597. The monoisotopic (exact) mass is 300 g/mol. The van der Waals surface area contributed by atoms with E-state index in [-0.39, 0.29) is 6.04 Å². The summed E-state index contributed by atoms with van der Waals surface area (Å²) in [5, 5.41) is 5.34. The molecule has 0 spiro atoms. The first-order chi connectivity index (χ1) is 9.69. The van der Waals surface area contributed by atoms with Crippen molar-refractivity contribution < 1.29 is 4.74 Å². The first-order valence-electron chi connectivity index (χ1n) is 7.51. The van der Waals surface area contributed by atoms with E-state index < -0.39 is 0 Å². The Labute approximate surface area is 125 Å². The van der Waals surface area contributed by atoms with Crippen molar-refractivity contribution in [3.8, 4) is 0 Å². The van der Waals surface area contributed by atoms with Crippen molar-refractivity contribution in [3.63, 3.8) is 0 Å². The normalized spacial score (nSPS) is 20.5. The van der Waals surface area contributed by atoms with Gasteiger partial charge < -0.3 is 4.74 Å². The number of aromatic nitrogens is 2. The topological polar surface area (TPSA) is 65.1 Å². The van der Waals surface area contributed by atoms with Crippen molar-refractivity contribution in [1.29, 1.82) is 0 Å². The van der Waals surface area contributed by atoms with Crippen molar-refractivity contribution in [2.24, 2.45) is 5.84 Å². The molecular weight excluding hydrogens is 276 g/mol. The van der Waals surface area contributed by atoms with Crippen LogP contribution in [0, 0.1) is 0 Å². The van der Waals surface area contributed by atoms with E-state index in [1.807, 2.05) is 4.68 Å². The number of hydrazine groups is 1. The van der Waals surface area contributed by atoms with Crippen LogP contribution in [-0.4, -0.2) is 28.5 Å². The van der Waals surface area contributed by atoms with Gasteiger partial charge in [0.05, 0.1) is 22.5 Å². The lowest BCUT2D eigenvalue weighted by atomic mass is 10.0. The Morgan fingerprint density at radius 1 is 1.55 bits per heavy atom. The summed E-state index contributed by atoms with van der Waals surface area (Å²) in [6.45, 7) is 5.85. The molecule has 1 aliphatic rings. The molecule has 5 nitrogen and oxygen atoms in total. The van der Waals surface area contributed by atoms with E-state index in [0.717, 1.165) is 61.7 Å². The summed E-state index contributed by atoms with van der Waals surface area (Å²) in [7, 11) is 0. The molecule has 6 heteroatoms. The summed E-state index contributed by atoms with van der Waals surface area (Å²) in [5.74, 6) is 5.70. The predicted octanol–water partition coefficient (Wildman–Crippen LogP) is 2.06. The number of rotatable bonds is 7. The second kappa shape index (κ2) is 7.41. The number of halogens is 1. The summed E-state index contributed by atoms with van der Waals surface area (Å²) in [6, 6.07) is 0.169. The minimum absolute atomic E-state index is 0.169. The van der Waals surface area contributed by atoms with Crippen LogP contribution in [0.4, 0.5) is 0 Å². The molecule has 2 unspecified atom stereocenters. The largest absolute Gasteiger partial charge is 0.378 e. The molecule has 2 heterocycles. The van der Waals surface area contributed by atoms with Crippen LogP contribution in [0.3, 0.4) is 0 Å². The molecule has 3 N–H and O–H groups in total. The van der Waals surface area contributed by atoms with Crippen LogP contribution in [0.5, 0.6) is 0 Å². The van der Waals surface area contributed by atoms with Gasteiger partial charge >= 0.3 is 0 Å². The van der Waals surface area contributed by atoms with Gasteiger partial charge in [-0.2, -0.15) is 5.10 Å². The Balaban J connectivity index is 2.07. The molecule has 0 saturated carbocycles. The molecule has 2 rings (SSSR count). The molecule has 20 heavy (non-hydrogen) atoms. The molecular formula is C14H25ClN4O. The Bertz CT molecular complexity index is 429. The van der Waals surface area contributed by atoms with Crippen molar-refractivity contribution in [2.45, 2.75) is 64.6 Å². The lowest BCUT2D eigenvalue weighted by Gasteiger charge is -2.20. The summed E-state index contributed by atoms with van der Waals surface area (Å²) < 4.78 is 7.67. The Morgan fingerprint density at radius 2 is 2.35 bits per heavy atom. The second-order valence-electron chi connectivity index (χ2n) is 5.32. The van der Waals surface area contributed by atoms with Crippen LogP contribution in [-0.2, 0) is 24.1 Å². The zero-order valence-corrected chi connectivity index (χ0v) is 13.1. The van der Waals surface area contributed by atoms with Crippen molar-refractivity contribution in [3.05, 3.63) is 16.4 Å². The third-order valence-corrected chi connectivity index (χ3v) is 4.38. The highest BCUT2D eigenvalue weighted by Crippen LogP contribution is 2.25. The third-order valence-electron chi connectivity index (χ3n) is 3.94. The van der Waals surface area contributed by atoms with Crippen molar-refractivity contribution in [1.82, 2.24) is 15.2 Å². The highest BCUT2D eigenvalue weighted by Gasteiger charge is 2.23.